The third-order valence-corrected chi connectivity index (χ3v) is 2.70. The number of carbonyl (C=O) groups is 1. The lowest BCUT2D eigenvalue weighted by atomic mass is 10.3. The van der Waals surface area contributed by atoms with Crippen molar-refractivity contribution in [2.24, 2.45) is 0 Å². The van der Waals surface area contributed by atoms with Gasteiger partial charge in [0.15, 0.2) is 0 Å². The molecule has 0 aliphatic carbocycles. The van der Waals surface area contributed by atoms with Crippen LogP contribution in [0.25, 0.3) is 5.69 Å². The van der Waals surface area contributed by atoms with Gasteiger partial charge in [0.05, 0.1) is 24.0 Å². The first-order chi connectivity index (χ1) is 7.68. The Kier molecular flexibility index (Phi) is 3.00. The Morgan fingerprint density at radius 1 is 1.44 bits per heavy atom. The Labute approximate surface area is 99.8 Å². The Morgan fingerprint density at radius 3 is 2.88 bits per heavy atom. The summed E-state index contributed by atoms with van der Waals surface area (Å²) < 4.78 is 2.35. The van der Waals surface area contributed by atoms with E-state index in [-0.39, 0.29) is 6.42 Å². The van der Waals surface area contributed by atoms with E-state index in [9.17, 15) is 4.79 Å². The zero-order valence-electron chi connectivity index (χ0n) is 8.17. The fourth-order valence-electron chi connectivity index (χ4n) is 1.36. The van der Waals surface area contributed by atoms with Gasteiger partial charge in [-0.15, -0.1) is 5.10 Å². The van der Waals surface area contributed by atoms with Gasteiger partial charge >= 0.3 is 5.97 Å². The van der Waals surface area contributed by atoms with E-state index in [1.165, 1.54) is 10.9 Å². The Hall–Kier alpha value is -1.69. The molecule has 0 spiro atoms. The summed E-state index contributed by atoms with van der Waals surface area (Å²) >= 11 is 3.38. The van der Waals surface area contributed by atoms with Crippen LogP contribution < -0.4 is 0 Å². The molecule has 0 saturated carbocycles. The topological polar surface area (TPSA) is 68.0 Å². The van der Waals surface area contributed by atoms with Gasteiger partial charge in [-0.25, -0.2) is 4.68 Å². The molecule has 0 atom stereocenters. The molecule has 0 radical (unpaired) electrons. The van der Waals surface area contributed by atoms with Crippen molar-refractivity contribution >= 4 is 21.9 Å². The van der Waals surface area contributed by atoms with Gasteiger partial charge in [0, 0.05) is 4.47 Å². The van der Waals surface area contributed by atoms with Crippen molar-refractivity contribution in [3.63, 3.8) is 0 Å². The molecular formula is C10H8BrN3O2. The first-order valence-corrected chi connectivity index (χ1v) is 5.34. The molecule has 0 aliphatic heterocycles. The zero-order chi connectivity index (χ0) is 11.5. The highest BCUT2D eigenvalue weighted by molar-refractivity contribution is 9.10. The fraction of sp³-hybridized carbons (Fsp3) is 0.100. The average Bonchev–Trinajstić information content (AvgIpc) is 2.66. The van der Waals surface area contributed by atoms with Gasteiger partial charge in [-0.1, -0.05) is 17.3 Å². The molecule has 1 aromatic carbocycles. The molecule has 0 bridgehead atoms. The molecule has 82 valence electrons. The third-order valence-electron chi connectivity index (χ3n) is 2.03. The molecule has 2 rings (SSSR count). The molecule has 2 aromatic rings. The number of aliphatic carboxylic acids is 1. The molecule has 5 nitrogen and oxygen atoms in total. The van der Waals surface area contributed by atoms with Crippen LogP contribution in [0.4, 0.5) is 0 Å². The number of aromatic nitrogens is 3. The zero-order valence-corrected chi connectivity index (χ0v) is 9.75. The molecule has 0 unspecified atom stereocenters. The molecule has 0 saturated heterocycles. The van der Waals surface area contributed by atoms with Crippen molar-refractivity contribution in [3.05, 3.63) is 40.6 Å². The fourth-order valence-corrected chi connectivity index (χ4v) is 1.81. The number of carboxylic acid groups (broad SMARTS) is 1. The largest absolute Gasteiger partial charge is 0.481 e. The van der Waals surface area contributed by atoms with Gasteiger partial charge in [0.1, 0.15) is 0 Å². The predicted octanol–water partition coefficient (Wildman–Crippen LogP) is 1.66. The van der Waals surface area contributed by atoms with Crippen LogP contribution >= 0.6 is 15.9 Å². The number of hydrogen-bond acceptors (Lipinski definition) is 3. The molecule has 1 aromatic heterocycles. The van der Waals surface area contributed by atoms with Crippen molar-refractivity contribution in [3.8, 4) is 5.69 Å². The molecule has 16 heavy (non-hydrogen) atoms. The summed E-state index contributed by atoms with van der Waals surface area (Å²) in [6, 6.07) is 7.43. The molecule has 1 N–H and O–H groups in total. The van der Waals surface area contributed by atoms with Gasteiger partial charge in [-0.05, 0) is 28.1 Å². The minimum Gasteiger partial charge on any atom is -0.481 e. The highest BCUT2D eigenvalue weighted by Gasteiger charge is 2.11. The maximum atomic E-state index is 10.7. The third kappa shape index (κ3) is 2.11. The first kappa shape index (κ1) is 10.8. The number of benzene rings is 1. The second-order valence-electron chi connectivity index (χ2n) is 3.16. The summed E-state index contributed by atoms with van der Waals surface area (Å²) in [5.41, 5.74) is 1.32. The number of halogens is 1. The lowest BCUT2D eigenvalue weighted by Crippen LogP contribution is -2.08. The van der Waals surface area contributed by atoms with Crippen LogP contribution in [-0.4, -0.2) is 26.1 Å². The van der Waals surface area contributed by atoms with E-state index < -0.39 is 5.97 Å². The van der Waals surface area contributed by atoms with Crippen LogP contribution in [0.15, 0.2) is 34.9 Å². The molecule has 6 heteroatoms. The lowest BCUT2D eigenvalue weighted by Gasteiger charge is -2.06. The number of nitrogens with zero attached hydrogens (tertiary/aromatic N) is 3. The van der Waals surface area contributed by atoms with Crippen LogP contribution in [-0.2, 0) is 11.2 Å². The van der Waals surface area contributed by atoms with Gasteiger partial charge in [0.25, 0.3) is 0 Å². The normalized spacial score (nSPS) is 10.3. The van der Waals surface area contributed by atoms with Crippen molar-refractivity contribution in [2.75, 3.05) is 0 Å². The summed E-state index contributed by atoms with van der Waals surface area (Å²) in [5.74, 6) is -0.907. The molecule has 0 aliphatic rings. The van der Waals surface area contributed by atoms with Gasteiger partial charge in [0.2, 0.25) is 0 Å². The van der Waals surface area contributed by atoms with E-state index in [0.717, 1.165) is 10.2 Å². The second kappa shape index (κ2) is 4.44. The summed E-state index contributed by atoms with van der Waals surface area (Å²) in [6.07, 6.45) is 1.35. The monoisotopic (exact) mass is 281 g/mol. The predicted molar refractivity (Wildman–Crippen MR) is 60.4 cm³/mol. The summed E-state index contributed by atoms with van der Waals surface area (Å²) in [4.78, 5) is 10.7. The van der Waals surface area contributed by atoms with E-state index in [1.54, 1.807) is 0 Å². The molecule has 1 heterocycles. The smallest absolute Gasteiger partial charge is 0.309 e. The Bertz CT molecular complexity index is 524. The number of hydrogen-bond donors (Lipinski definition) is 1. The average molecular weight is 282 g/mol. The second-order valence-corrected chi connectivity index (χ2v) is 4.01. The van der Waals surface area contributed by atoms with Crippen LogP contribution in [0.3, 0.4) is 0 Å². The van der Waals surface area contributed by atoms with Gasteiger partial charge in [-0.3, -0.25) is 4.79 Å². The van der Waals surface area contributed by atoms with Gasteiger partial charge in [-0.2, -0.15) is 0 Å². The van der Waals surface area contributed by atoms with Crippen molar-refractivity contribution in [2.45, 2.75) is 6.42 Å². The van der Waals surface area contributed by atoms with E-state index >= 15 is 0 Å². The Morgan fingerprint density at radius 2 is 2.19 bits per heavy atom. The van der Waals surface area contributed by atoms with Crippen molar-refractivity contribution in [1.29, 1.82) is 0 Å². The van der Waals surface area contributed by atoms with Gasteiger partial charge < -0.3 is 5.11 Å². The highest BCUT2D eigenvalue weighted by atomic mass is 79.9. The maximum absolute atomic E-state index is 10.7. The van der Waals surface area contributed by atoms with E-state index in [1.807, 2.05) is 24.3 Å². The summed E-state index contributed by atoms with van der Waals surface area (Å²) in [7, 11) is 0. The quantitative estimate of drug-likeness (QED) is 0.929. The lowest BCUT2D eigenvalue weighted by molar-refractivity contribution is -0.136. The standard InChI is InChI=1S/C10H8BrN3O2/c11-8-3-1-2-4-9(8)14-7(5-10(15)16)6-12-13-14/h1-4,6H,5H2,(H,15,16). The van der Waals surface area contributed by atoms with E-state index in [2.05, 4.69) is 26.2 Å². The first-order valence-electron chi connectivity index (χ1n) is 4.55. The van der Waals surface area contributed by atoms with Crippen LogP contribution in [0.1, 0.15) is 5.69 Å². The highest BCUT2D eigenvalue weighted by Crippen LogP contribution is 2.20. The minimum absolute atomic E-state index is 0.103. The summed E-state index contributed by atoms with van der Waals surface area (Å²) in [6.45, 7) is 0. The number of carboxylic acids is 1. The molecular weight excluding hydrogens is 274 g/mol. The minimum atomic E-state index is -0.907. The maximum Gasteiger partial charge on any atom is 0.309 e. The Balaban J connectivity index is 2.45. The van der Waals surface area contributed by atoms with Crippen molar-refractivity contribution < 1.29 is 9.90 Å². The molecule has 0 fully saturated rings. The van der Waals surface area contributed by atoms with E-state index in [0.29, 0.717) is 5.69 Å². The van der Waals surface area contributed by atoms with Crippen molar-refractivity contribution in [1.82, 2.24) is 15.0 Å². The SMILES string of the molecule is O=C(O)Cc1cnnn1-c1ccccc1Br. The van der Waals surface area contributed by atoms with Crippen LogP contribution in [0.5, 0.6) is 0 Å². The van der Waals surface area contributed by atoms with Crippen LogP contribution in [0, 0.1) is 0 Å². The number of rotatable bonds is 3. The molecule has 0 amide bonds. The number of para-hydroxylation sites is 1. The van der Waals surface area contributed by atoms with Crippen LogP contribution in [0.2, 0.25) is 0 Å². The van der Waals surface area contributed by atoms with E-state index in [4.69, 9.17) is 5.11 Å². The summed E-state index contributed by atoms with van der Waals surface area (Å²) in [5, 5.41) is 16.3.